The fourth-order valence-electron chi connectivity index (χ4n) is 2.56. The molecule has 0 atom stereocenters. The third-order valence-electron chi connectivity index (χ3n) is 3.79. The summed E-state index contributed by atoms with van der Waals surface area (Å²) in [4.78, 5) is 22.7. The van der Waals surface area contributed by atoms with E-state index in [1.54, 1.807) is 31.2 Å². The zero-order valence-corrected chi connectivity index (χ0v) is 13.8. The number of aryl methyl sites for hydroxylation is 2. The molecule has 0 bridgehead atoms. The van der Waals surface area contributed by atoms with E-state index < -0.39 is 4.92 Å². The Hall–Kier alpha value is -3.41. The van der Waals surface area contributed by atoms with Gasteiger partial charge in [0.15, 0.2) is 5.76 Å². The third-order valence-corrected chi connectivity index (χ3v) is 3.79. The Morgan fingerprint density at radius 3 is 2.56 bits per heavy atom. The van der Waals surface area contributed by atoms with E-state index in [-0.39, 0.29) is 17.4 Å². The number of hydrogen-bond donors (Lipinski definition) is 1. The highest BCUT2D eigenvalue weighted by atomic mass is 16.6. The van der Waals surface area contributed by atoms with E-state index in [2.05, 4.69) is 5.32 Å². The van der Waals surface area contributed by atoms with Crippen molar-refractivity contribution in [2.45, 2.75) is 13.8 Å². The van der Waals surface area contributed by atoms with Gasteiger partial charge in [0.05, 0.1) is 4.92 Å². The van der Waals surface area contributed by atoms with Crippen LogP contribution in [0.25, 0.3) is 11.3 Å². The van der Waals surface area contributed by atoms with E-state index in [1.807, 2.05) is 25.1 Å². The van der Waals surface area contributed by atoms with Crippen molar-refractivity contribution < 1.29 is 14.1 Å². The Labute approximate surface area is 144 Å². The van der Waals surface area contributed by atoms with E-state index >= 15 is 0 Å². The minimum atomic E-state index is -0.445. The monoisotopic (exact) mass is 336 g/mol. The minimum absolute atomic E-state index is 0.0187. The van der Waals surface area contributed by atoms with Crippen LogP contribution in [0, 0.1) is 24.0 Å². The molecule has 0 spiro atoms. The number of nitro groups is 1. The molecule has 0 aliphatic heterocycles. The number of nitrogens with one attached hydrogen (secondary N) is 1. The van der Waals surface area contributed by atoms with Gasteiger partial charge >= 0.3 is 0 Å². The molecule has 126 valence electrons. The van der Waals surface area contributed by atoms with Gasteiger partial charge in [-0.05, 0) is 55.3 Å². The molecule has 25 heavy (non-hydrogen) atoms. The van der Waals surface area contributed by atoms with Crippen LogP contribution in [-0.4, -0.2) is 10.8 Å². The number of rotatable bonds is 4. The number of furan rings is 1. The van der Waals surface area contributed by atoms with Crippen LogP contribution in [-0.2, 0) is 0 Å². The second-order valence-corrected chi connectivity index (χ2v) is 5.74. The molecular weight excluding hydrogens is 320 g/mol. The summed E-state index contributed by atoms with van der Waals surface area (Å²) in [5.74, 6) is 0.312. The number of benzene rings is 2. The highest BCUT2D eigenvalue weighted by molar-refractivity contribution is 6.02. The highest BCUT2D eigenvalue weighted by Crippen LogP contribution is 2.28. The van der Waals surface area contributed by atoms with Crippen molar-refractivity contribution in [1.82, 2.24) is 0 Å². The molecule has 1 aromatic heterocycles. The largest absolute Gasteiger partial charge is 0.451 e. The number of non-ortho nitro benzene ring substituents is 1. The first-order valence-corrected chi connectivity index (χ1v) is 7.67. The SMILES string of the molecule is Cc1cccc(NC(=O)c2ccc(-c3ccc([N+](=O)[O-])cc3C)o2)c1. The molecular formula is C19H16N2O4. The maximum atomic E-state index is 12.3. The van der Waals surface area contributed by atoms with Crippen LogP contribution in [0.4, 0.5) is 11.4 Å². The summed E-state index contributed by atoms with van der Waals surface area (Å²) in [5, 5.41) is 13.6. The molecule has 0 aliphatic rings. The van der Waals surface area contributed by atoms with Gasteiger partial charge in [-0.15, -0.1) is 0 Å². The molecule has 0 saturated carbocycles. The summed E-state index contributed by atoms with van der Waals surface area (Å²) in [5.41, 5.74) is 3.16. The first kappa shape index (κ1) is 16.4. The van der Waals surface area contributed by atoms with Gasteiger partial charge in [-0.1, -0.05) is 12.1 Å². The van der Waals surface area contributed by atoms with Gasteiger partial charge in [-0.3, -0.25) is 14.9 Å². The Balaban J connectivity index is 1.82. The summed E-state index contributed by atoms with van der Waals surface area (Å²) >= 11 is 0. The lowest BCUT2D eigenvalue weighted by atomic mass is 10.1. The van der Waals surface area contributed by atoms with E-state index in [0.717, 1.165) is 5.56 Å². The van der Waals surface area contributed by atoms with Crippen LogP contribution >= 0.6 is 0 Å². The average molecular weight is 336 g/mol. The molecule has 0 fully saturated rings. The molecule has 1 heterocycles. The highest BCUT2D eigenvalue weighted by Gasteiger charge is 2.15. The van der Waals surface area contributed by atoms with Gasteiger partial charge in [0.1, 0.15) is 5.76 Å². The number of carbonyl (C=O) groups is 1. The summed E-state index contributed by atoms with van der Waals surface area (Å²) in [6.07, 6.45) is 0. The summed E-state index contributed by atoms with van der Waals surface area (Å²) in [6, 6.07) is 15.2. The smallest absolute Gasteiger partial charge is 0.291 e. The van der Waals surface area contributed by atoms with Gasteiger partial charge in [0.25, 0.3) is 11.6 Å². The maximum absolute atomic E-state index is 12.3. The third kappa shape index (κ3) is 3.58. The lowest BCUT2D eigenvalue weighted by Crippen LogP contribution is -2.10. The van der Waals surface area contributed by atoms with Crippen LogP contribution in [0.5, 0.6) is 0 Å². The van der Waals surface area contributed by atoms with E-state index in [1.165, 1.54) is 12.1 Å². The molecule has 6 heteroatoms. The average Bonchev–Trinajstić information content (AvgIpc) is 3.04. The Morgan fingerprint density at radius 1 is 1.08 bits per heavy atom. The Bertz CT molecular complexity index is 960. The molecule has 3 rings (SSSR count). The minimum Gasteiger partial charge on any atom is -0.451 e. The fraction of sp³-hybridized carbons (Fsp3) is 0.105. The fourth-order valence-corrected chi connectivity index (χ4v) is 2.56. The first-order chi connectivity index (χ1) is 11.9. The van der Waals surface area contributed by atoms with Crippen molar-refractivity contribution in [2.24, 2.45) is 0 Å². The van der Waals surface area contributed by atoms with Crippen molar-refractivity contribution in [3.63, 3.8) is 0 Å². The van der Waals surface area contributed by atoms with Crippen LogP contribution in [0.15, 0.2) is 59.0 Å². The second kappa shape index (κ2) is 6.60. The van der Waals surface area contributed by atoms with Gasteiger partial charge in [-0.2, -0.15) is 0 Å². The van der Waals surface area contributed by atoms with Crippen LogP contribution in [0.1, 0.15) is 21.7 Å². The Morgan fingerprint density at radius 2 is 1.88 bits per heavy atom. The molecule has 0 saturated heterocycles. The summed E-state index contributed by atoms with van der Waals surface area (Å²) < 4.78 is 5.63. The molecule has 1 amide bonds. The van der Waals surface area contributed by atoms with E-state index in [4.69, 9.17) is 4.42 Å². The second-order valence-electron chi connectivity index (χ2n) is 5.74. The quantitative estimate of drug-likeness (QED) is 0.551. The maximum Gasteiger partial charge on any atom is 0.291 e. The number of nitro benzene ring substituents is 1. The molecule has 1 N–H and O–H groups in total. The Kier molecular flexibility index (Phi) is 4.35. The number of hydrogen-bond acceptors (Lipinski definition) is 4. The van der Waals surface area contributed by atoms with Gasteiger partial charge in [0, 0.05) is 23.4 Å². The van der Waals surface area contributed by atoms with E-state index in [0.29, 0.717) is 22.6 Å². The first-order valence-electron chi connectivity index (χ1n) is 7.67. The molecule has 2 aromatic carbocycles. The summed E-state index contributed by atoms with van der Waals surface area (Å²) in [6.45, 7) is 3.70. The number of carbonyl (C=O) groups excluding carboxylic acids is 1. The van der Waals surface area contributed by atoms with Crippen LogP contribution in [0.3, 0.4) is 0 Å². The van der Waals surface area contributed by atoms with Crippen LogP contribution < -0.4 is 5.32 Å². The zero-order valence-electron chi connectivity index (χ0n) is 13.8. The molecule has 3 aromatic rings. The lowest BCUT2D eigenvalue weighted by molar-refractivity contribution is -0.384. The predicted molar refractivity (Wildman–Crippen MR) is 94.7 cm³/mol. The van der Waals surface area contributed by atoms with Gasteiger partial charge in [0.2, 0.25) is 0 Å². The molecule has 6 nitrogen and oxygen atoms in total. The number of anilines is 1. The predicted octanol–water partition coefficient (Wildman–Crippen LogP) is 4.72. The van der Waals surface area contributed by atoms with Crippen molar-refractivity contribution in [1.29, 1.82) is 0 Å². The molecule has 0 radical (unpaired) electrons. The van der Waals surface area contributed by atoms with E-state index in [9.17, 15) is 14.9 Å². The standard InChI is InChI=1S/C19H16N2O4/c1-12-4-3-5-14(10-12)20-19(22)18-9-8-17(25-18)16-7-6-15(21(23)24)11-13(16)2/h3-11H,1-2H3,(H,20,22). The molecule has 0 aliphatic carbocycles. The van der Waals surface area contributed by atoms with Crippen molar-refractivity contribution in [3.8, 4) is 11.3 Å². The van der Waals surface area contributed by atoms with Crippen molar-refractivity contribution in [2.75, 3.05) is 5.32 Å². The normalized spacial score (nSPS) is 10.5. The number of nitrogens with zero attached hydrogens (tertiary/aromatic N) is 1. The summed E-state index contributed by atoms with van der Waals surface area (Å²) in [7, 11) is 0. The lowest BCUT2D eigenvalue weighted by Gasteiger charge is -2.04. The van der Waals surface area contributed by atoms with Gasteiger partial charge < -0.3 is 9.73 Å². The van der Waals surface area contributed by atoms with Crippen molar-refractivity contribution in [3.05, 3.63) is 81.6 Å². The van der Waals surface area contributed by atoms with Crippen molar-refractivity contribution >= 4 is 17.3 Å². The van der Waals surface area contributed by atoms with Crippen LogP contribution in [0.2, 0.25) is 0 Å². The zero-order chi connectivity index (χ0) is 18.0. The number of amides is 1. The van der Waals surface area contributed by atoms with Gasteiger partial charge in [-0.25, -0.2) is 0 Å². The molecule has 0 unspecified atom stereocenters. The topological polar surface area (TPSA) is 85.4 Å².